The molecular weight excluding hydrogens is 252 g/mol. The Morgan fingerprint density at radius 3 is 2.61 bits per heavy atom. The summed E-state index contributed by atoms with van der Waals surface area (Å²) in [6, 6.07) is 4.65. The van der Waals surface area contributed by atoms with Crippen molar-refractivity contribution < 1.29 is 13.2 Å². The van der Waals surface area contributed by atoms with E-state index in [-0.39, 0.29) is 10.8 Å². The van der Waals surface area contributed by atoms with Gasteiger partial charge in [0.15, 0.2) is 9.84 Å². The molecule has 1 aromatic carbocycles. The second-order valence-electron chi connectivity index (χ2n) is 4.15. The number of carbonyl (C=O) groups is 1. The van der Waals surface area contributed by atoms with Gasteiger partial charge >= 0.3 is 0 Å². The number of amides is 1. The van der Waals surface area contributed by atoms with Crippen molar-refractivity contribution in [2.24, 2.45) is 5.73 Å². The van der Waals surface area contributed by atoms with Gasteiger partial charge in [0.1, 0.15) is 0 Å². The number of rotatable bonds is 5. The van der Waals surface area contributed by atoms with Crippen molar-refractivity contribution in [1.29, 1.82) is 0 Å². The molecule has 0 aliphatic rings. The topological polar surface area (TPSA) is 89.3 Å². The second-order valence-corrected chi connectivity index (χ2v) is 6.13. The lowest BCUT2D eigenvalue weighted by Crippen LogP contribution is -2.26. The molecule has 3 N–H and O–H groups in total. The van der Waals surface area contributed by atoms with Crippen LogP contribution in [0.15, 0.2) is 23.1 Å². The van der Waals surface area contributed by atoms with Crippen LogP contribution in [-0.4, -0.2) is 33.7 Å². The normalized spacial score (nSPS) is 11.3. The molecule has 0 fully saturated rings. The molecule has 0 aliphatic heterocycles. The Morgan fingerprint density at radius 1 is 1.39 bits per heavy atom. The van der Waals surface area contributed by atoms with Gasteiger partial charge in [-0.1, -0.05) is 6.07 Å². The summed E-state index contributed by atoms with van der Waals surface area (Å²) in [4.78, 5) is 12.0. The Hall–Kier alpha value is -1.40. The lowest BCUT2D eigenvalue weighted by molar-refractivity contribution is 0.0953. The summed E-state index contributed by atoms with van der Waals surface area (Å²) < 4.78 is 23.1. The van der Waals surface area contributed by atoms with Crippen molar-refractivity contribution in [1.82, 2.24) is 5.32 Å². The van der Waals surface area contributed by atoms with Crippen LogP contribution in [0, 0.1) is 6.92 Å². The largest absolute Gasteiger partial charge is 0.352 e. The van der Waals surface area contributed by atoms with Crippen molar-refractivity contribution >= 4 is 15.7 Å². The quantitative estimate of drug-likeness (QED) is 0.761. The van der Waals surface area contributed by atoms with Crippen LogP contribution in [0.2, 0.25) is 0 Å². The number of nitrogens with two attached hydrogens (primary N) is 1. The average Bonchev–Trinajstić information content (AvgIpc) is 2.28. The van der Waals surface area contributed by atoms with Crippen LogP contribution >= 0.6 is 0 Å². The zero-order valence-corrected chi connectivity index (χ0v) is 11.4. The highest BCUT2D eigenvalue weighted by atomic mass is 32.2. The molecule has 0 radical (unpaired) electrons. The molecule has 6 heteroatoms. The summed E-state index contributed by atoms with van der Waals surface area (Å²) in [6.45, 7) is 2.69. The third-order valence-corrected chi connectivity index (χ3v) is 3.76. The first-order valence-corrected chi connectivity index (χ1v) is 7.54. The van der Waals surface area contributed by atoms with Crippen molar-refractivity contribution in [2.75, 3.05) is 19.3 Å². The first kappa shape index (κ1) is 14.7. The van der Waals surface area contributed by atoms with Gasteiger partial charge in [-0.05, 0) is 37.6 Å². The van der Waals surface area contributed by atoms with Crippen molar-refractivity contribution in [2.45, 2.75) is 18.2 Å². The third kappa shape index (κ3) is 3.82. The monoisotopic (exact) mass is 270 g/mol. The summed E-state index contributed by atoms with van der Waals surface area (Å²) in [7, 11) is -3.31. The van der Waals surface area contributed by atoms with Crippen LogP contribution in [0.5, 0.6) is 0 Å². The van der Waals surface area contributed by atoms with E-state index >= 15 is 0 Å². The van der Waals surface area contributed by atoms with Gasteiger partial charge in [0.05, 0.1) is 4.90 Å². The summed E-state index contributed by atoms with van der Waals surface area (Å²) in [6.07, 6.45) is 1.82. The molecule has 0 aliphatic carbocycles. The minimum absolute atomic E-state index is 0.189. The highest BCUT2D eigenvalue weighted by molar-refractivity contribution is 7.90. The van der Waals surface area contributed by atoms with E-state index in [0.717, 1.165) is 6.26 Å². The van der Waals surface area contributed by atoms with Crippen molar-refractivity contribution in [3.8, 4) is 0 Å². The summed E-state index contributed by atoms with van der Waals surface area (Å²) in [5.74, 6) is -0.284. The molecule has 5 nitrogen and oxygen atoms in total. The van der Waals surface area contributed by atoms with Gasteiger partial charge in [-0.25, -0.2) is 8.42 Å². The fourth-order valence-corrected chi connectivity index (χ4v) is 2.54. The number of carbonyl (C=O) groups excluding carboxylic acids is 1. The molecule has 0 atom stereocenters. The molecule has 0 saturated heterocycles. The predicted molar refractivity (Wildman–Crippen MR) is 70.3 cm³/mol. The Kier molecular flexibility index (Phi) is 4.86. The highest BCUT2D eigenvalue weighted by Gasteiger charge is 2.14. The molecule has 0 aromatic heterocycles. The maximum Gasteiger partial charge on any atom is 0.251 e. The van der Waals surface area contributed by atoms with Gasteiger partial charge in [0.2, 0.25) is 0 Å². The summed E-state index contributed by atoms with van der Waals surface area (Å²) in [5, 5.41) is 2.68. The Labute approximate surface area is 107 Å². The first-order valence-electron chi connectivity index (χ1n) is 5.65. The van der Waals surface area contributed by atoms with Crippen molar-refractivity contribution in [3.63, 3.8) is 0 Å². The second kappa shape index (κ2) is 5.97. The molecule has 1 amide bonds. The Bertz CT molecular complexity index is 538. The van der Waals surface area contributed by atoms with Crippen molar-refractivity contribution in [3.05, 3.63) is 29.3 Å². The van der Waals surface area contributed by atoms with E-state index in [1.165, 1.54) is 6.07 Å². The van der Waals surface area contributed by atoms with Crippen LogP contribution < -0.4 is 11.1 Å². The number of hydrogen-bond donors (Lipinski definition) is 2. The minimum Gasteiger partial charge on any atom is -0.352 e. The van der Waals surface area contributed by atoms with E-state index in [0.29, 0.717) is 30.6 Å². The van der Waals surface area contributed by atoms with Crippen LogP contribution in [0.25, 0.3) is 0 Å². The van der Waals surface area contributed by atoms with Gasteiger partial charge in [0.25, 0.3) is 5.91 Å². The van der Waals surface area contributed by atoms with E-state index < -0.39 is 9.84 Å². The highest BCUT2D eigenvalue weighted by Crippen LogP contribution is 2.16. The minimum atomic E-state index is -3.31. The molecular formula is C12H18N2O3S. The fourth-order valence-electron chi connectivity index (χ4n) is 1.55. The van der Waals surface area contributed by atoms with E-state index in [9.17, 15) is 13.2 Å². The van der Waals surface area contributed by atoms with Crippen LogP contribution in [0.1, 0.15) is 22.3 Å². The SMILES string of the molecule is Cc1ccc(C(=O)NCCCN)cc1S(C)(=O)=O. The van der Waals surface area contributed by atoms with Gasteiger partial charge < -0.3 is 11.1 Å². The smallest absolute Gasteiger partial charge is 0.251 e. The fraction of sp³-hybridized carbons (Fsp3) is 0.417. The maximum absolute atomic E-state index is 11.8. The molecule has 0 spiro atoms. The number of hydrogen-bond acceptors (Lipinski definition) is 4. The van der Waals surface area contributed by atoms with Gasteiger partial charge in [-0.3, -0.25) is 4.79 Å². The summed E-state index contributed by atoms with van der Waals surface area (Å²) in [5.41, 5.74) is 6.30. The summed E-state index contributed by atoms with van der Waals surface area (Å²) >= 11 is 0. The van der Waals surface area contributed by atoms with Gasteiger partial charge in [-0.15, -0.1) is 0 Å². The number of nitrogens with one attached hydrogen (secondary N) is 1. The standard InChI is InChI=1S/C12H18N2O3S/c1-9-4-5-10(8-11(9)18(2,16)17)12(15)14-7-3-6-13/h4-5,8H,3,6-7,13H2,1-2H3,(H,14,15). The number of aryl methyl sites for hydroxylation is 1. The Balaban J connectivity index is 2.95. The van der Waals surface area contributed by atoms with Gasteiger partial charge in [-0.2, -0.15) is 0 Å². The molecule has 18 heavy (non-hydrogen) atoms. The first-order chi connectivity index (χ1) is 8.36. The lowest BCUT2D eigenvalue weighted by atomic mass is 10.1. The zero-order chi connectivity index (χ0) is 13.8. The van der Waals surface area contributed by atoms with E-state index in [2.05, 4.69) is 5.32 Å². The number of sulfone groups is 1. The zero-order valence-electron chi connectivity index (χ0n) is 10.6. The van der Waals surface area contributed by atoms with Crippen LogP contribution in [-0.2, 0) is 9.84 Å². The average molecular weight is 270 g/mol. The number of benzene rings is 1. The van der Waals surface area contributed by atoms with Crippen LogP contribution in [0.4, 0.5) is 0 Å². The maximum atomic E-state index is 11.8. The Morgan fingerprint density at radius 2 is 2.06 bits per heavy atom. The lowest BCUT2D eigenvalue weighted by Gasteiger charge is -2.08. The molecule has 0 saturated carbocycles. The molecule has 0 heterocycles. The third-order valence-electron chi connectivity index (χ3n) is 2.52. The predicted octanol–water partition coefficient (Wildman–Crippen LogP) is 0.477. The molecule has 1 aromatic rings. The molecule has 1 rings (SSSR count). The molecule has 100 valence electrons. The van der Waals surface area contributed by atoms with Gasteiger partial charge in [0, 0.05) is 18.4 Å². The van der Waals surface area contributed by atoms with E-state index in [1.54, 1.807) is 19.1 Å². The van der Waals surface area contributed by atoms with Crippen LogP contribution in [0.3, 0.4) is 0 Å². The molecule has 0 bridgehead atoms. The van der Waals surface area contributed by atoms with E-state index in [4.69, 9.17) is 5.73 Å². The molecule has 0 unspecified atom stereocenters. The van der Waals surface area contributed by atoms with E-state index in [1.807, 2.05) is 0 Å².